The molecule has 3 rings (SSSR count). The molecular formula is C20H13F6IO3S. The molecule has 0 saturated heterocycles. The molecular weight excluding hydrogens is 561 g/mol. The van der Waals surface area contributed by atoms with Crippen LogP contribution >= 0.6 is 20.2 Å². The predicted octanol–water partition coefficient (Wildman–Crippen LogP) is 6.59. The minimum atomic E-state index is -4.59. The van der Waals surface area contributed by atoms with Crippen LogP contribution in [0.3, 0.4) is 0 Å². The number of rotatable bonds is 5. The molecule has 3 aromatic carbocycles. The van der Waals surface area contributed by atoms with E-state index in [-0.39, 0.29) is 12.0 Å². The van der Waals surface area contributed by atoms with Crippen molar-refractivity contribution in [2.24, 2.45) is 0 Å². The first-order valence-electron chi connectivity index (χ1n) is 8.42. The second kappa shape index (κ2) is 8.79. The molecule has 0 bridgehead atoms. The molecule has 0 saturated carbocycles. The van der Waals surface area contributed by atoms with Crippen molar-refractivity contribution in [2.45, 2.75) is 17.2 Å². The zero-order valence-corrected chi connectivity index (χ0v) is 18.3. The van der Waals surface area contributed by atoms with Crippen LogP contribution in [-0.2, 0) is 25.0 Å². The molecule has 0 unspecified atom stereocenters. The molecule has 0 N–H and O–H groups in total. The van der Waals surface area contributed by atoms with E-state index >= 15 is 0 Å². The Bertz CT molecular complexity index is 1070. The van der Waals surface area contributed by atoms with Gasteiger partial charge in [0.25, 0.3) is 0 Å². The Hall–Kier alpha value is -2.12. The van der Waals surface area contributed by atoms with E-state index in [0.29, 0.717) is 0 Å². The SMILES string of the molecule is O=S(=O)(OI(c1ccc(C(F)(F)F)cc1)c1ccc(C(F)(F)F)cc1)c1ccccc1. The van der Waals surface area contributed by atoms with Gasteiger partial charge in [0.05, 0.1) is 0 Å². The summed E-state index contributed by atoms with van der Waals surface area (Å²) in [5.74, 6) is 0. The summed E-state index contributed by atoms with van der Waals surface area (Å²) >= 11 is -3.44. The van der Waals surface area contributed by atoms with Crippen molar-refractivity contribution in [3.63, 3.8) is 0 Å². The van der Waals surface area contributed by atoms with Crippen molar-refractivity contribution >= 4 is 30.4 Å². The molecule has 0 amide bonds. The van der Waals surface area contributed by atoms with E-state index in [4.69, 9.17) is 2.51 Å². The first-order valence-corrected chi connectivity index (χ1v) is 12.9. The van der Waals surface area contributed by atoms with Gasteiger partial charge >= 0.3 is 182 Å². The van der Waals surface area contributed by atoms with Crippen molar-refractivity contribution in [1.29, 1.82) is 0 Å². The van der Waals surface area contributed by atoms with Crippen LogP contribution < -0.4 is 0 Å². The molecule has 0 spiro atoms. The van der Waals surface area contributed by atoms with Crippen LogP contribution in [0.4, 0.5) is 26.3 Å². The molecule has 0 heterocycles. The van der Waals surface area contributed by atoms with Gasteiger partial charge in [0, 0.05) is 0 Å². The fourth-order valence-corrected chi connectivity index (χ4v) is 9.32. The number of halogens is 7. The molecule has 0 aliphatic heterocycles. The second-order valence-corrected chi connectivity index (χ2v) is 12.6. The van der Waals surface area contributed by atoms with Gasteiger partial charge < -0.3 is 0 Å². The van der Waals surface area contributed by atoms with Crippen LogP contribution in [0, 0.1) is 7.14 Å². The van der Waals surface area contributed by atoms with Crippen molar-refractivity contribution in [2.75, 3.05) is 0 Å². The average Bonchev–Trinajstić information content (AvgIpc) is 2.72. The quantitative estimate of drug-likeness (QED) is 0.255. The summed E-state index contributed by atoms with van der Waals surface area (Å²) in [5, 5.41) is 0. The standard InChI is InChI=1S/C20H13F6IO3S/c21-19(22,23)14-6-10-16(11-7-14)27(17-12-8-15(9-13-17)20(24,25)26)30-31(28,29)18-4-2-1-3-5-18/h1-13H. The van der Waals surface area contributed by atoms with Gasteiger partial charge in [-0.25, -0.2) is 0 Å². The molecule has 11 heteroatoms. The molecule has 3 aromatic rings. The molecule has 0 atom stereocenters. The van der Waals surface area contributed by atoms with Crippen molar-refractivity contribution < 1.29 is 37.3 Å². The Balaban J connectivity index is 2.04. The molecule has 31 heavy (non-hydrogen) atoms. The third-order valence-corrected chi connectivity index (χ3v) is 11.3. The van der Waals surface area contributed by atoms with E-state index in [1.807, 2.05) is 0 Å². The van der Waals surface area contributed by atoms with E-state index in [1.54, 1.807) is 6.07 Å². The van der Waals surface area contributed by atoms with Gasteiger partial charge in [0.15, 0.2) is 0 Å². The number of hydrogen-bond acceptors (Lipinski definition) is 3. The normalized spacial score (nSPS) is 13.2. The van der Waals surface area contributed by atoms with Gasteiger partial charge in [-0.15, -0.1) is 0 Å². The van der Waals surface area contributed by atoms with Crippen LogP contribution in [0.5, 0.6) is 0 Å². The van der Waals surface area contributed by atoms with E-state index in [9.17, 15) is 34.8 Å². The van der Waals surface area contributed by atoms with Gasteiger partial charge in [0.1, 0.15) is 0 Å². The minimum absolute atomic E-state index is 0.170. The molecule has 0 aliphatic carbocycles. The fraction of sp³-hybridized carbons (Fsp3) is 0.100. The van der Waals surface area contributed by atoms with Gasteiger partial charge in [-0.1, -0.05) is 0 Å². The van der Waals surface area contributed by atoms with E-state index < -0.39 is 53.8 Å². The Labute approximate surface area is 181 Å². The van der Waals surface area contributed by atoms with Crippen molar-refractivity contribution in [3.8, 4) is 0 Å². The second-order valence-electron chi connectivity index (χ2n) is 6.09. The summed E-state index contributed by atoms with van der Waals surface area (Å²) in [4.78, 5) is -0.170. The molecule has 0 aliphatic rings. The maximum absolute atomic E-state index is 12.9. The molecule has 0 aromatic heterocycles. The summed E-state index contributed by atoms with van der Waals surface area (Å²) < 4.78 is 108. The summed E-state index contributed by atoms with van der Waals surface area (Å²) in [6.45, 7) is 0. The Morgan fingerprint density at radius 3 is 1.35 bits per heavy atom. The van der Waals surface area contributed by atoms with Crippen LogP contribution in [0.15, 0.2) is 83.8 Å². The number of alkyl halides is 6. The number of benzene rings is 3. The van der Waals surface area contributed by atoms with E-state index in [2.05, 4.69) is 0 Å². The van der Waals surface area contributed by atoms with Crippen LogP contribution in [0.25, 0.3) is 0 Å². The Morgan fingerprint density at radius 1 is 0.613 bits per heavy atom. The van der Waals surface area contributed by atoms with Crippen molar-refractivity contribution in [3.05, 3.63) is 97.1 Å². The third kappa shape index (κ3) is 5.77. The Kier molecular flexibility index (Phi) is 6.67. The molecule has 166 valence electrons. The molecule has 3 nitrogen and oxygen atoms in total. The first kappa shape index (κ1) is 23.5. The van der Waals surface area contributed by atoms with Crippen molar-refractivity contribution in [1.82, 2.24) is 0 Å². The van der Waals surface area contributed by atoms with Crippen LogP contribution in [0.1, 0.15) is 11.1 Å². The van der Waals surface area contributed by atoms with Gasteiger partial charge in [-0.05, 0) is 0 Å². The Morgan fingerprint density at radius 2 is 1.00 bits per heavy atom. The van der Waals surface area contributed by atoms with Crippen LogP contribution in [-0.4, -0.2) is 8.42 Å². The van der Waals surface area contributed by atoms with Crippen LogP contribution in [0.2, 0.25) is 0 Å². The molecule has 0 fully saturated rings. The molecule has 0 radical (unpaired) electrons. The monoisotopic (exact) mass is 574 g/mol. The third-order valence-electron chi connectivity index (χ3n) is 3.92. The van der Waals surface area contributed by atoms with Gasteiger partial charge in [-0.3, -0.25) is 0 Å². The first-order chi connectivity index (χ1) is 14.4. The zero-order chi connectivity index (χ0) is 22.9. The predicted molar refractivity (Wildman–Crippen MR) is 109 cm³/mol. The summed E-state index contributed by atoms with van der Waals surface area (Å²) in [7, 11) is -4.31. The zero-order valence-electron chi connectivity index (χ0n) is 15.3. The summed E-state index contributed by atoms with van der Waals surface area (Å²) in [6, 6.07) is 14.6. The fourth-order valence-electron chi connectivity index (χ4n) is 2.41. The average molecular weight is 574 g/mol. The summed E-state index contributed by atoms with van der Waals surface area (Å²) in [5.41, 5.74) is -1.88. The maximum atomic E-state index is 12.9. The number of hydrogen-bond donors (Lipinski definition) is 0. The van der Waals surface area contributed by atoms with Gasteiger partial charge in [0.2, 0.25) is 0 Å². The summed E-state index contributed by atoms with van der Waals surface area (Å²) in [6.07, 6.45) is -9.19. The topological polar surface area (TPSA) is 43.4 Å². The van der Waals surface area contributed by atoms with E-state index in [0.717, 1.165) is 48.5 Å². The van der Waals surface area contributed by atoms with E-state index in [1.165, 1.54) is 24.3 Å². The van der Waals surface area contributed by atoms with Gasteiger partial charge in [-0.2, -0.15) is 0 Å².